The Balaban J connectivity index is 2.35. The van der Waals surface area contributed by atoms with Gasteiger partial charge < -0.3 is 11.5 Å². The molecule has 0 atom stereocenters. The molecule has 0 aliphatic heterocycles. The first kappa shape index (κ1) is 10.5. The highest BCUT2D eigenvalue weighted by Crippen LogP contribution is 2.31. The van der Waals surface area contributed by atoms with E-state index in [4.69, 9.17) is 11.5 Å². The van der Waals surface area contributed by atoms with Crippen LogP contribution >= 0.6 is 27.3 Å². The number of halogens is 1. The van der Waals surface area contributed by atoms with Crippen molar-refractivity contribution in [1.82, 2.24) is 19.6 Å². The Labute approximate surface area is 108 Å². The SMILES string of the molecule is Nc1nc(-c2cc(Br)c3c(N)ncnn23)cs1. The molecule has 0 saturated carbocycles. The lowest BCUT2D eigenvalue weighted by Gasteiger charge is -1.99. The van der Waals surface area contributed by atoms with Crippen LogP contribution in [-0.2, 0) is 0 Å². The van der Waals surface area contributed by atoms with E-state index in [1.54, 1.807) is 4.52 Å². The van der Waals surface area contributed by atoms with Crippen molar-refractivity contribution in [2.75, 3.05) is 11.5 Å². The molecule has 0 fully saturated rings. The third-order valence-corrected chi connectivity index (χ3v) is 3.60. The molecule has 0 saturated heterocycles. The third-order valence-electron chi connectivity index (χ3n) is 2.32. The summed E-state index contributed by atoms with van der Waals surface area (Å²) >= 11 is 4.82. The highest BCUT2D eigenvalue weighted by atomic mass is 79.9. The van der Waals surface area contributed by atoms with Crippen LogP contribution in [0.4, 0.5) is 10.9 Å². The third kappa shape index (κ3) is 1.56. The molecular weight excluding hydrogens is 304 g/mol. The number of fused-ring (bicyclic) bond motifs is 1. The number of nitrogen functional groups attached to an aromatic ring is 2. The van der Waals surface area contributed by atoms with Gasteiger partial charge in [-0.05, 0) is 22.0 Å². The first-order valence-electron chi connectivity index (χ1n) is 4.66. The molecular formula is C9H7BrN6S. The molecule has 0 aliphatic rings. The van der Waals surface area contributed by atoms with Gasteiger partial charge in [-0.3, -0.25) is 0 Å². The monoisotopic (exact) mass is 310 g/mol. The predicted octanol–water partition coefficient (Wildman–Crippen LogP) is 1.78. The van der Waals surface area contributed by atoms with Gasteiger partial charge in [0, 0.05) is 9.85 Å². The Morgan fingerprint density at radius 1 is 1.35 bits per heavy atom. The fraction of sp³-hybridized carbons (Fsp3) is 0. The minimum atomic E-state index is 0.418. The number of nitrogens with zero attached hydrogens (tertiary/aromatic N) is 4. The normalized spacial score (nSPS) is 11.1. The largest absolute Gasteiger partial charge is 0.382 e. The molecule has 3 aromatic rings. The van der Waals surface area contributed by atoms with Crippen molar-refractivity contribution in [2.45, 2.75) is 0 Å². The van der Waals surface area contributed by atoms with Crippen LogP contribution in [0.1, 0.15) is 0 Å². The summed E-state index contributed by atoms with van der Waals surface area (Å²) < 4.78 is 2.53. The zero-order valence-corrected chi connectivity index (χ0v) is 10.9. The molecule has 0 unspecified atom stereocenters. The number of rotatable bonds is 1. The summed E-state index contributed by atoms with van der Waals surface area (Å²) in [4.78, 5) is 8.18. The summed E-state index contributed by atoms with van der Waals surface area (Å²) in [6.45, 7) is 0. The molecule has 17 heavy (non-hydrogen) atoms. The van der Waals surface area contributed by atoms with Gasteiger partial charge >= 0.3 is 0 Å². The molecule has 3 rings (SSSR count). The van der Waals surface area contributed by atoms with E-state index >= 15 is 0 Å². The summed E-state index contributed by atoms with van der Waals surface area (Å²) in [7, 11) is 0. The second-order valence-electron chi connectivity index (χ2n) is 3.35. The summed E-state index contributed by atoms with van der Waals surface area (Å²) in [5.41, 5.74) is 13.8. The fourth-order valence-electron chi connectivity index (χ4n) is 1.61. The van der Waals surface area contributed by atoms with Crippen LogP contribution in [0.5, 0.6) is 0 Å². The van der Waals surface area contributed by atoms with Gasteiger partial charge in [0.1, 0.15) is 17.5 Å². The average molecular weight is 311 g/mol. The highest BCUT2D eigenvalue weighted by molar-refractivity contribution is 9.10. The number of hydrogen-bond donors (Lipinski definition) is 2. The van der Waals surface area contributed by atoms with Gasteiger partial charge in [-0.2, -0.15) is 5.10 Å². The van der Waals surface area contributed by atoms with Crippen molar-refractivity contribution in [3.63, 3.8) is 0 Å². The highest BCUT2D eigenvalue weighted by Gasteiger charge is 2.14. The van der Waals surface area contributed by atoms with E-state index in [1.807, 2.05) is 11.4 Å². The van der Waals surface area contributed by atoms with Gasteiger partial charge in [-0.1, -0.05) is 0 Å². The molecule has 0 aliphatic carbocycles. The number of hydrogen-bond acceptors (Lipinski definition) is 6. The van der Waals surface area contributed by atoms with Crippen LogP contribution in [0.3, 0.4) is 0 Å². The Hall–Kier alpha value is -1.67. The van der Waals surface area contributed by atoms with Crippen LogP contribution in [0.25, 0.3) is 16.9 Å². The lowest BCUT2D eigenvalue weighted by molar-refractivity contribution is 0.911. The van der Waals surface area contributed by atoms with Crippen molar-refractivity contribution >= 4 is 43.7 Å². The van der Waals surface area contributed by atoms with E-state index in [0.717, 1.165) is 21.4 Å². The van der Waals surface area contributed by atoms with Crippen LogP contribution in [0.15, 0.2) is 22.2 Å². The summed E-state index contributed by atoms with van der Waals surface area (Å²) in [5, 5.41) is 6.57. The molecule has 0 amide bonds. The molecule has 3 heterocycles. The van der Waals surface area contributed by atoms with E-state index in [-0.39, 0.29) is 0 Å². The van der Waals surface area contributed by atoms with Crippen molar-refractivity contribution in [2.24, 2.45) is 0 Å². The molecule has 8 heteroatoms. The first-order valence-corrected chi connectivity index (χ1v) is 6.33. The smallest absolute Gasteiger partial charge is 0.180 e. The second-order valence-corrected chi connectivity index (χ2v) is 5.10. The van der Waals surface area contributed by atoms with Crippen molar-refractivity contribution < 1.29 is 0 Å². The Kier molecular flexibility index (Phi) is 2.26. The van der Waals surface area contributed by atoms with Gasteiger partial charge in [0.2, 0.25) is 0 Å². The fourth-order valence-corrected chi connectivity index (χ4v) is 2.76. The topological polar surface area (TPSA) is 95.1 Å². The van der Waals surface area contributed by atoms with Crippen LogP contribution in [0.2, 0.25) is 0 Å². The predicted molar refractivity (Wildman–Crippen MR) is 70.6 cm³/mol. The van der Waals surface area contributed by atoms with E-state index in [2.05, 4.69) is 31.0 Å². The maximum atomic E-state index is 5.81. The summed E-state index contributed by atoms with van der Waals surface area (Å²) in [5.74, 6) is 0.418. The van der Waals surface area contributed by atoms with Crippen molar-refractivity contribution in [3.8, 4) is 11.4 Å². The maximum Gasteiger partial charge on any atom is 0.180 e. The zero-order chi connectivity index (χ0) is 12.0. The lowest BCUT2D eigenvalue weighted by atomic mass is 10.3. The molecule has 86 valence electrons. The number of thiazole rings is 1. The summed E-state index contributed by atoms with van der Waals surface area (Å²) in [6, 6.07) is 1.90. The first-order chi connectivity index (χ1) is 8.16. The van der Waals surface area contributed by atoms with Gasteiger partial charge in [0.25, 0.3) is 0 Å². The molecule has 3 aromatic heterocycles. The Morgan fingerprint density at radius 3 is 2.88 bits per heavy atom. The standard InChI is InChI=1S/C9H7BrN6S/c10-4-1-6(5-2-17-9(12)15-5)16-7(4)8(11)13-3-14-16/h1-3H,(H2,12,15)(H2,11,13,14). The van der Waals surface area contributed by atoms with Gasteiger partial charge in [-0.25, -0.2) is 14.5 Å². The van der Waals surface area contributed by atoms with Crippen LogP contribution in [0, 0.1) is 0 Å². The average Bonchev–Trinajstić information content (AvgIpc) is 2.84. The minimum Gasteiger partial charge on any atom is -0.382 e. The molecule has 0 spiro atoms. The van der Waals surface area contributed by atoms with E-state index < -0.39 is 0 Å². The van der Waals surface area contributed by atoms with Gasteiger partial charge in [0.05, 0.1) is 5.69 Å². The van der Waals surface area contributed by atoms with E-state index in [9.17, 15) is 0 Å². The minimum absolute atomic E-state index is 0.418. The molecule has 0 radical (unpaired) electrons. The summed E-state index contributed by atoms with van der Waals surface area (Å²) in [6.07, 6.45) is 1.41. The van der Waals surface area contributed by atoms with Gasteiger partial charge in [-0.15, -0.1) is 11.3 Å². The molecule has 6 nitrogen and oxygen atoms in total. The van der Waals surface area contributed by atoms with E-state index in [0.29, 0.717) is 10.9 Å². The quantitative estimate of drug-likeness (QED) is 0.714. The molecule has 4 N–H and O–H groups in total. The number of anilines is 2. The van der Waals surface area contributed by atoms with E-state index in [1.165, 1.54) is 17.7 Å². The number of nitrogens with two attached hydrogens (primary N) is 2. The molecule has 0 aromatic carbocycles. The maximum absolute atomic E-state index is 5.81. The molecule has 0 bridgehead atoms. The zero-order valence-electron chi connectivity index (χ0n) is 8.46. The van der Waals surface area contributed by atoms with Crippen molar-refractivity contribution in [3.05, 3.63) is 22.2 Å². The van der Waals surface area contributed by atoms with Crippen molar-refractivity contribution in [1.29, 1.82) is 0 Å². The number of aromatic nitrogens is 4. The Bertz CT molecular complexity index is 703. The van der Waals surface area contributed by atoms with Crippen LogP contribution in [-0.4, -0.2) is 19.6 Å². The Morgan fingerprint density at radius 2 is 2.18 bits per heavy atom. The lowest BCUT2D eigenvalue weighted by Crippen LogP contribution is -2.00. The van der Waals surface area contributed by atoms with Gasteiger partial charge in [0.15, 0.2) is 10.9 Å². The van der Waals surface area contributed by atoms with Crippen LogP contribution < -0.4 is 11.5 Å². The second kappa shape index (κ2) is 3.67.